The first kappa shape index (κ1) is 49.8. The molecule has 308 valence electrons. The molecule has 0 aromatic carbocycles. The summed E-state index contributed by atoms with van der Waals surface area (Å²) in [6, 6.07) is 0. The van der Waals surface area contributed by atoms with Gasteiger partial charge in [0.25, 0.3) is 0 Å². The van der Waals surface area contributed by atoms with Crippen molar-refractivity contribution >= 4 is 30.9 Å². The second-order valence-electron chi connectivity index (χ2n) is 20.9. The van der Waals surface area contributed by atoms with Crippen molar-refractivity contribution in [3.05, 3.63) is 12.2 Å². The van der Waals surface area contributed by atoms with E-state index in [1.54, 1.807) is 6.08 Å². The van der Waals surface area contributed by atoms with Crippen LogP contribution >= 0.6 is 0 Å². The molecule has 1 aliphatic rings. The lowest BCUT2D eigenvalue weighted by Crippen LogP contribution is -2.49. The quantitative estimate of drug-likeness (QED) is 0.0497. The van der Waals surface area contributed by atoms with E-state index in [1.165, 1.54) is 83.5 Å². The van der Waals surface area contributed by atoms with Gasteiger partial charge < -0.3 is 18.0 Å². The van der Waals surface area contributed by atoms with Gasteiger partial charge >= 0.3 is 5.97 Å². The van der Waals surface area contributed by atoms with E-state index in [0.717, 1.165) is 25.7 Å². The van der Waals surface area contributed by atoms with E-state index < -0.39 is 25.0 Å². The minimum Gasteiger partial charge on any atom is -0.459 e. The molecule has 0 bridgehead atoms. The van der Waals surface area contributed by atoms with Crippen LogP contribution in [0.3, 0.4) is 0 Å². The molecular weight excluding hydrogens is 693 g/mol. The maximum Gasteiger partial charge on any atom is 0.330 e. The zero-order valence-corrected chi connectivity index (χ0v) is 40.7. The molecule has 4 atom stereocenters. The van der Waals surface area contributed by atoms with Crippen LogP contribution in [0.25, 0.3) is 0 Å². The summed E-state index contributed by atoms with van der Waals surface area (Å²) < 4.78 is 27.7. The maximum absolute atomic E-state index is 12.3. The minimum absolute atomic E-state index is 0.0160. The summed E-state index contributed by atoms with van der Waals surface area (Å²) in [5, 5.41) is 0.311. The fraction of sp³-hybridized carbons (Fsp3) is 0.932. The zero-order valence-electron chi connectivity index (χ0n) is 37.7. The van der Waals surface area contributed by atoms with Gasteiger partial charge in [0.1, 0.15) is 6.10 Å². The number of carbonyl (C=O) groups excluding carboxylic acids is 1. The first-order chi connectivity index (χ1) is 23.8. The van der Waals surface area contributed by atoms with Crippen LogP contribution in [0.2, 0.25) is 54.4 Å². The molecule has 1 rings (SSSR count). The summed E-state index contributed by atoms with van der Waals surface area (Å²) in [6.07, 6.45) is 25.4. The van der Waals surface area contributed by atoms with Gasteiger partial charge in [0.2, 0.25) is 0 Å². The zero-order chi connectivity index (χ0) is 39.9. The van der Waals surface area contributed by atoms with Crippen LogP contribution in [-0.2, 0) is 22.8 Å². The molecule has 5 nitrogen and oxygen atoms in total. The van der Waals surface area contributed by atoms with Crippen molar-refractivity contribution in [2.75, 3.05) is 0 Å². The number of rotatable bonds is 26. The van der Waals surface area contributed by atoms with E-state index >= 15 is 0 Å². The highest BCUT2D eigenvalue weighted by molar-refractivity contribution is 6.75. The third-order valence-electron chi connectivity index (χ3n) is 12.9. The Morgan fingerprint density at radius 1 is 0.596 bits per heavy atom. The lowest BCUT2D eigenvalue weighted by molar-refractivity contribution is -0.145. The molecule has 1 aliphatic heterocycles. The normalized spacial score (nSPS) is 18.4. The molecule has 0 unspecified atom stereocenters. The van der Waals surface area contributed by atoms with Crippen molar-refractivity contribution in [3.8, 4) is 0 Å². The Morgan fingerprint density at radius 2 is 0.962 bits per heavy atom. The molecule has 0 saturated heterocycles. The van der Waals surface area contributed by atoms with Crippen LogP contribution in [0.1, 0.15) is 185 Å². The van der Waals surface area contributed by atoms with Gasteiger partial charge in [-0.15, -0.1) is 0 Å². The van der Waals surface area contributed by atoms with E-state index in [4.69, 9.17) is 18.0 Å². The summed E-state index contributed by atoms with van der Waals surface area (Å²) in [4.78, 5) is 12.3. The molecule has 8 heteroatoms. The van der Waals surface area contributed by atoms with Crippen LogP contribution < -0.4 is 0 Å². The van der Waals surface area contributed by atoms with E-state index in [-0.39, 0.29) is 45.5 Å². The molecule has 0 aromatic heterocycles. The Kier molecular flexibility index (Phi) is 21.5. The number of hydrogen-bond acceptors (Lipinski definition) is 5. The third-order valence-corrected chi connectivity index (χ3v) is 26.6. The summed E-state index contributed by atoms with van der Waals surface area (Å²) in [6.45, 7) is 37.6. The SMILES string of the molecule is CCCCCCCCCCCCCCC[C@@H](C[C@@H](C[C@H](C[C@@H]1CC=CC(=O)O1)O[Si](C)(C)C(C)(C)C)O[Si](C)(C)C(C)(C)C)O[Si](C)(C)C(C)(C)C. The van der Waals surface area contributed by atoms with Gasteiger partial charge in [0.15, 0.2) is 25.0 Å². The van der Waals surface area contributed by atoms with E-state index in [0.29, 0.717) is 6.42 Å². The van der Waals surface area contributed by atoms with Gasteiger partial charge in [0.05, 0.1) is 6.10 Å². The predicted molar refractivity (Wildman–Crippen MR) is 234 cm³/mol. The first-order valence-corrected chi connectivity index (χ1v) is 30.4. The molecule has 0 fully saturated rings. The number of esters is 1. The van der Waals surface area contributed by atoms with E-state index in [2.05, 4.69) is 109 Å². The minimum atomic E-state index is -2.11. The van der Waals surface area contributed by atoms with Crippen molar-refractivity contribution in [3.63, 3.8) is 0 Å². The molecule has 0 spiro atoms. The Morgan fingerprint density at radius 3 is 1.37 bits per heavy atom. The van der Waals surface area contributed by atoms with Crippen LogP contribution in [0.4, 0.5) is 0 Å². The number of unbranched alkanes of at least 4 members (excludes halogenated alkanes) is 12. The molecule has 0 N–H and O–H groups in total. The molecule has 0 aromatic rings. The molecule has 52 heavy (non-hydrogen) atoms. The Hall–Kier alpha value is -0.259. The van der Waals surface area contributed by atoms with Crippen LogP contribution in [0.5, 0.6) is 0 Å². The monoisotopic (exact) mass is 783 g/mol. The van der Waals surface area contributed by atoms with Gasteiger partial charge in [-0.25, -0.2) is 4.79 Å². The van der Waals surface area contributed by atoms with Crippen molar-refractivity contribution in [2.45, 2.75) is 264 Å². The summed E-state index contributed by atoms with van der Waals surface area (Å²) in [7, 11) is -6.24. The number of carbonyl (C=O) groups is 1. The molecule has 1 heterocycles. The summed E-state index contributed by atoms with van der Waals surface area (Å²) in [5.74, 6) is -0.239. The second-order valence-corrected chi connectivity index (χ2v) is 35.2. The number of ether oxygens (including phenoxy) is 1. The van der Waals surface area contributed by atoms with Crippen molar-refractivity contribution in [1.29, 1.82) is 0 Å². The average molecular weight is 783 g/mol. The fourth-order valence-electron chi connectivity index (χ4n) is 6.37. The topological polar surface area (TPSA) is 54.0 Å². The standard InChI is InChI=1S/C44H90O5Si3/c1-17-18-19-20-21-22-23-24-25-26-27-28-29-31-38(47-50(11,12)42(2,3)4)35-40(49-52(15,16)44(8,9)10)36-39(48-51(13,14)43(5,6)7)34-37-32-30-33-41(45)46-37/h30,33,37-40H,17-29,31-32,34-36H2,1-16H3/t37-,38-,39-,40-/m0/s1. The molecule has 0 amide bonds. The first-order valence-electron chi connectivity index (χ1n) is 21.7. The van der Waals surface area contributed by atoms with Gasteiger partial charge in [0, 0.05) is 31.1 Å². The fourth-order valence-corrected chi connectivity index (χ4v) is 10.5. The van der Waals surface area contributed by atoms with Crippen LogP contribution in [0.15, 0.2) is 12.2 Å². The third kappa shape index (κ3) is 19.1. The van der Waals surface area contributed by atoms with Gasteiger partial charge in [-0.1, -0.05) is 159 Å². The van der Waals surface area contributed by atoms with E-state index in [9.17, 15) is 4.79 Å². The van der Waals surface area contributed by atoms with Crippen molar-refractivity contribution < 1.29 is 22.8 Å². The molecule has 0 radical (unpaired) electrons. The highest BCUT2D eigenvalue weighted by Crippen LogP contribution is 2.43. The number of cyclic esters (lactones) is 1. The highest BCUT2D eigenvalue weighted by atomic mass is 28.4. The van der Waals surface area contributed by atoms with E-state index in [1.807, 2.05) is 6.08 Å². The maximum atomic E-state index is 12.3. The highest BCUT2D eigenvalue weighted by Gasteiger charge is 2.44. The van der Waals surface area contributed by atoms with Crippen LogP contribution in [0, 0.1) is 0 Å². The van der Waals surface area contributed by atoms with Gasteiger partial charge in [-0.3, -0.25) is 0 Å². The lowest BCUT2D eigenvalue weighted by atomic mass is 9.97. The smallest absolute Gasteiger partial charge is 0.330 e. The Balaban J connectivity index is 3.17. The number of hydrogen-bond donors (Lipinski definition) is 0. The van der Waals surface area contributed by atoms with Crippen molar-refractivity contribution in [2.24, 2.45) is 0 Å². The molecular formula is C44H90O5Si3. The van der Waals surface area contributed by atoms with Crippen LogP contribution in [-0.4, -0.2) is 55.3 Å². The van der Waals surface area contributed by atoms with Gasteiger partial charge in [-0.05, 0) is 73.7 Å². The molecule has 0 saturated carbocycles. The second kappa shape index (κ2) is 22.5. The van der Waals surface area contributed by atoms with Crippen molar-refractivity contribution in [1.82, 2.24) is 0 Å². The Bertz CT molecular complexity index is 1020. The molecule has 0 aliphatic carbocycles. The largest absolute Gasteiger partial charge is 0.459 e. The lowest BCUT2D eigenvalue weighted by Gasteiger charge is -2.45. The average Bonchev–Trinajstić information content (AvgIpc) is 2.97. The van der Waals surface area contributed by atoms with Gasteiger partial charge in [-0.2, -0.15) is 0 Å². The summed E-state index contributed by atoms with van der Waals surface area (Å²) in [5.41, 5.74) is 0. The summed E-state index contributed by atoms with van der Waals surface area (Å²) >= 11 is 0. The predicted octanol–water partition coefficient (Wildman–Crippen LogP) is 14.7. The Labute approximate surface area is 328 Å².